The molecule has 0 saturated heterocycles. The molecule has 0 atom stereocenters. The summed E-state index contributed by atoms with van der Waals surface area (Å²) in [6.07, 6.45) is 1.76. The Bertz CT molecular complexity index is 825. The quantitative estimate of drug-likeness (QED) is 0.634. The summed E-state index contributed by atoms with van der Waals surface area (Å²) in [6.45, 7) is 0.591. The molecule has 2 aromatic heterocycles. The molecule has 0 radical (unpaired) electrons. The third-order valence-corrected chi connectivity index (χ3v) is 3.98. The van der Waals surface area contributed by atoms with Crippen LogP contribution in [-0.2, 0) is 6.54 Å². The van der Waals surface area contributed by atoms with Crippen LogP contribution in [0, 0.1) is 0 Å². The maximum atomic E-state index is 11.2. The van der Waals surface area contributed by atoms with Crippen LogP contribution in [0.1, 0.15) is 5.69 Å². The molecule has 1 aromatic carbocycles. The van der Waals surface area contributed by atoms with Gasteiger partial charge in [-0.15, -0.1) is 0 Å². The Morgan fingerprint density at radius 2 is 1.95 bits per heavy atom. The van der Waals surface area contributed by atoms with Gasteiger partial charge in [-0.25, -0.2) is 4.79 Å². The summed E-state index contributed by atoms with van der Waals surface area (Å²) in [6, 6.07) is 7.62. The normalized spacial score (nSPS) is 10.9. The van der Waals surface area contributed by atoms with E-state index >= 15 is 0 Å². The van der Waals surface area contributed by atoms with Crippen LogP contribution in [0.3, 0.4) is 0 Å². The van der Waals surface area contributed by atoms with Gasteiger partial charge in [-0.1, -0.05) is 0 Å². The van der Waals surface area contributed by atoms with Crippen molar-refractivity contribution in [3.63, 3.8) is 0 Å². The van der Waals surface area contributed by atoms with Gasteiger partial charge in [0.15, 0.2) is 0 Å². The first kappa shape index (κ1) is 13.4. The van der Waals surface area contributed by atoms with Gasteiger partial charge in [-0.05, 0) is 56.1 Å². The zero-order chi connectivity index (χ0) is 14.1. The highest BCUT2D eigenvalue weighted by Crippen LogP contribution is 2.21. The first-order valence-corrected chi connectivity index (χ1v) is 7.46. The van der Waals surface area contributed by atoms with Crippen molar-refractivity contribution in [1.82, 2.24) is 15.0 Å². The minimum Gasteiger partial charge on any atom is -0.379 e. The number of rotatable bonds is 3. The van der Waals surface area contributed by atoms with Crippen molar-refractivity contribution in [1.29, 1.82) is 0 Å². The predicted molar refractivity (Wildman–Crippen MR) is 85.9 cm³/mol. The Hall–Kier alpha value is -1.60. The van der Waals surface area contributed by atoms with Crippen molar-refractivity contribution in [3.05, 3.63) is 55.6 Å². The van der Waals surface area contributed by atoms with E-state index in [4.69, 9.17) is 0 Å². The molecule has 3 rings (SSSR count). The molecule has 0 unspecified atom stereocenters. The Balaban J connectivity index is 1.80. The Morgan fingerprint density at radius 3 is 2.75 bits per heavy atom. The minimum atomic E-state index is -0.200. The first-order valence-electron chi connectivity index (χ1n) is 5.88. The summed E-state index contributed by atoms with van der Waals surface area (Å²) in [4.78, 5) is 21.0. The van der Waals surface area contributed by atoms with E-state index in [0.717, 1.165) is 31.4 Å². The molecule has 0 aliphatic rings. The fraction of sp³-hybridized carbons (Fsp3) is 0.0769. The van der Waals surface area contributed by atoms with E-state index in [1.54, 1.807) is 6.20 Å². The predicted octanol–water partition coefficient (Wildman–Crippen LogP) is 3.39. The zero-order valence-corrected chi connectivity index (χ0v) is 13.4. The topological polar surface area (TPSA) is 73.6 Å². The van der Waals surface area contributed by atoms with Crippen LogP contribution in [0.15, 0.2) is 44.2 Å². The molecule has 5 nitrogen and oxygen atoms in total. The van der Waals surface area contributed by atoms with Gasteiger partial charge in [-0.3, -0.25) is 4.98 Å². The molecule has 0 bridgehead atoms. The molecule has 0 saturated carbocycles. The van der Waals surface area contributed by atoms with Gasteiger partial charge in [0.25, 0.3) is 0 Å². The molecular formula is C13H10Br2N4O. The molecule has 3 N–H and O–H groups in total. The molecule has 0 amide bonds. The van der Waals surface area contributed by atoms with E-state index in [1.807, 2.05) is 24.3 Å². The number of pyridine rings is 1. The maximum Gasteiger partial charge on any atom is 0.323 e. The summed E-state index contributed by atoms with van der Waals surface area (Å²) < 4.78 is 1.87. The number of nitrogens with zero attached hydrogens (tertiary/aromatic N) is 1. The van der Waals surface area contributed by atoms with Crippen LogP contribution in [0.5, 0.6) is 0 Å². The molecule has 0 spiro atoms. The lowest BCUT2D eigenvalue weighted by molar-refractivity contribution is 1.03. The van der Waals surface area contributed by atoms with Crippen molar-refractivity contribution >= 4 is 48.6 Å². The molecule has 0 aliphatic heterocycles. The second kappa shape index (κ2) is 5.41. The van der Waals surface area contributed by atoms with E-state index in [2.05, 4.69) is 52.1 Å². The largest absolute Gasteiger partial charge is 0.379 e. The van der Waals surface area contributed by atoms with Crippen molar-refractivity contribution < 1.29 is 0 Å². The van der Waals surface area contributed by atoms with E-state index in [9.17, 15) is 4.79 Å². The molecule has 7 heteroatoms. The second-order valence-corrected chi connectivity index (χ2v) is 6.05. The number of hydrogen-bond donors (Lipinski definition) is 3. The van der Waals surface area contributed by atoms with E-state index in [1.165, 1.54) is 0 Å². The van der Waals surface area contributed by atoms with Gasteiger partial charge < -0.3 is 15.3 Å². The Labute approximate surface area is 131 Å². The zero-order valence-electron chi connectivity index (χ0n) is 10.2. The number of hydrogen-bond acceptors (Lipinski definition) is 3. The van der Waals surface area contributed by atoms with Crippen LogP contribution < -0.4 is 11.0 Å². The van der Waals surface area contributed by atoms with Gasteiger partial charge in [-0.2, -0.15) is 0 Å². The molecule has 3 aromatic rings. The SMILES string of the molecule is O=c1[nH]c2ccc(NCc3ncc(Br)cc3Br)cc2[nH]1. The maximum absolute atomic E-state index is 11.2. The number of benzene rings is 1. The number of fused-ring (bicyclic) bond motifs is 1. The first-order chi connectivity index (χ1) is 9.61. The number of imidazole rings is 1. The smallest absolute Gasteiger partial charge is 0.323 e. The average molecular weight is 398 g/mol. The van der Waals surface area contributed by atoms with Crippen LogP contribution in [0.4, 0.5) is 5.69 Å². The summed E-state index contributed by atoms with van der Waals surface area (Å²) in [5, 5.41) is 3.28. The minimum absolute atomic E-state index is 0.200. The number of H-pyrrole nitrogens is 2. The van der Waals surface area contributed by atoms with Gasteiger partial charge in [0.2, 0.25) is 0 Å². The summed E-state index contributed by atoms with van der Waals surface area (Å²) in [5.74, 6) is 0. The van der Waals surface area contributed by atoms with E-state index in [0.29, 0.717) is 6.54 Å². The molecule has 2 heterocycles. The standard InChI is InChI=1S/C13H10Br2N4O/c14-7-3-9(15)12(17-5-7)6-16-8-1-2-10-11(4-8)19-13(20)18-10/h1-5,16H,6H2,(H2,18,19,20). The lowest BCUT2D eigenvalue weighted by Gasteiger charge is -2.07. The molecule has 102 valence electrons. The van der Waals surface area contributed by atoms with Crippen LogP contribution in [0.2, 0.25) is 0 Å². The summed E-state index contributed by atoms with van der Waals surface area (Å²) in [7, 11) is 0. The lowest BCUT2D eigenvalue weighted by atomic mass is 10.2. The Kier molecular flexibility index (Phi) is 3.62. The van der Waals surface area contributed by atoms with Crippen molar-refractivity contribution in [2.45, 2.75) is 6.54 Å². The number of anilines is 1. The number of aromatic amines is 2. The van der Waals surface area contributed by atoms with E-state index < -0.39 is 0 Å². The van der Waals surface area contributed by atoms with Crippen molar-refractivity contribution in [2.75, 3.05) is 5.32 Å². The van der Waals surface area contributed by atoms with Gasteiger partial charge in [0.05, 0.1) is 23.3 Å². The summed E-state index contributed by atoms with van der Waals surface area (Å²) in [5.41, 5.74) is 3.21. The van der Waals surface area contributed by atoms with Crippen molar-refractivity contribution in [2.24, 2.45) is 0 Å². The molecule has 0 fully saturated rings. The lowest BCUT2D eigenvalue weighted by Crippen LogP contribution is -2.02. The van der Waals surface area contributed by atoms with Gasteiger partial charge >= 0.3 is 5.69 Å². The highest BCUT2D eigenvalue weighted by Gasteiger charge is 2.04. The van der Waals surface area contributed by atoms with Gasteiger partial charge in [0.1, 0.15) is 0 Å². The number of aromatic nitrogens is 3. The molecule has 20 heavy (non-hydrogen) atoms. The van der Waals surface area contributed by atoms with Crippen LogP contribution in [0.25, 0.3) is 11.0 Å². The Morgan fingerprint density at radius 1 is 1.15 bits per heavy atom. The molecular weight excluding hydrogens is 388 g/mol. The third kappa shape index (κ3) is 2.78. The fourth-order valence-electron chi connectivity index (χ4n) is 1.90. The number of nitrogens with one attached hydrogen (secondary N) is 3. The monoisotopic (exact) mass is 396 g/mol. The number of halogens is 2. The van der Waals surface area contributed by atoms with Gasteiger partial charge in [0, 0.05) is 20.8 Å². The fourth-order valence-corrected chi connectivity index (χ4v) is 3.03. The average Bonchev–Trinajstić information content (AvgIpc) is 2.77. The summed E-state index contributed by atoms with van der Waals surface area (Å²) >= 11 is 6.85. The second-order valence-electron chi connectivity index (χ2n) is 4.28. The highest BCUT2D eigenvalue weighted by molar-refractivity contribution is 9.11. The van der Waals surface area contributed by atoms with Crippen LogP contribution in [-0.4, -0.2) is 15.0 Å². The van der Waals surface area contributed by atoms with Crippen LogP contribution >= 0.6 is 31.9 Å². The highest BCUT2D eigenvalue weighted by atomic mass is 79.9. The van der Waals surface area contributed by atoms with E-state index in [-0.39, 0.29) is 5.69 Å². The third-order valence-electron chi connectivity index (χ3n) is 2.86. The molecule has 0 aliphatic carbocycles. The van der Waals surface area contributed by atoms with Crippen molar-refractivity contribution in [3.8, 4) is 0 Å².